The molecular formula is C10H11N3O3. The molecule has 0 saturated carbocycles. The van der Waals surface area contributed by atoms with E-state index in [0.29, 0.717) is 19.7 Å². The van der Waals surface area contributed by atoms with Crippen molar-refractivity contribution < 1.29 is 14.6 Å². The van der Waals surface area contributed by atoms with Gasteiger partial charge < -0.3 is 19.6 Å². The molecule has 0 aromatic heterocycles. The van der Waals surface area contributed by atoms with Crippen LogP contribution in [0.3, 0.4) is 0 Å². The van der Waals surface area contributed by atoms with Gasteiger partial charge in [0.25, 0.3) is 0 Å². The molecule has 6 nitrogen and oxygen atoms in total. The quantitative estimate of drug-likeness (QED) is 0.645. The minimum Gasteiger partial charge on any atom is -0.493 e. The first-order chi connectivity index (χ1) is 7.71. The summed E-state index contributed by atoms with van der Waals surface area (Å²) in [7, 11) is 0. The lowest BCUT2D eigenvalue weighted by atomic mass is 9.88. The normalized spacial score (nSPS) is 24.6. The fourth-order valence-electron chi connectivity index (χ4n) is 2.24. The van der Waals surface area contributed by atoms with E-state index in [9.17, 15) is 4.79 Å². The Labute approximate surface area is 92.1 Å². The van der Waals surface area contributed by atoms with Crippen LogP contribution in [0, 0.1) is 0 Å². The Hall–Kier alpha value is -1.98. The fraction of sp³-hybridized carbons (Fsp3) is 0.400. The van der Waals surface area contributed by atoms with Crippen molar-refractivity contribution in [2.24, 2.45) is 4.99 Å². The number of hydrogen-bond acceptors (Lipinski definition) is 4. The number of aliphatic imine (C=N–C) groups is 1. The highest BCUT2D eigenvalue weighted by molar-refractivity contribution is 5.80. The standard InChI is InChI=1S/C10H11N3O3/c14-9(15)12-6-10(7-12)5-11-3-8-4-16-2-1-13(8)10/h1-3,5H,4,6-7H2,(H,14,15). The molecule has 16 heavy (non-hydrogen) atoms. The second-order valence-corrected chi connectivity index (χ2v) is 4.11. The molecule has 0 aromatic carbocycles. The number of hydrogen-bond donors (Lipinski definition) is 1. The number of nitrogens with zero attached hydrogens (tertiary/aromatic N) is 3. The summed E-state index contributed by atoms with van der Waals surface area (Å²) in [5, 5.41) is 8.85. The molecule has 6 heteroatoms. The van der Waals surface area contributed by atoms with Crippen LogP contribution in [0.5, 0.6) is 0 Å². The molecule has 0 radical (unpaired) electrons. The van der Waals surface area contributed by atoms with E-state index in [1.807, 2.05) is 17.3 Å². The maximum atomic E-state index is 10.8. The van der Waals surface area contributed by atoms with E-state index in [-0.39, 0.29) is 5.54 Å². The second kappa shape index (κ2) is 3.01. The van der Waals surface area contributed by atoms with Crippen LogP contribution in [-0.4, -0.2) is 52.4 Å². The molecular weight excluding hydrogens is 210 g/mol. The Morgan fingerprint density at radius 2 is 2.38 bits per heavy atom. The Morgan fingerprint density at radius 3 is 3.12 bits per heavy atom. The number of carbonyl (C=O) groups is 1. The second-order valence-electron chi connectivity index (χ2n) is 4.11. The van der Waals surface area contributed by atoms with Crippen LogP contribution in [0.25, 0.3) is 0 Å². The molecule has 1 spiro atoms. The van der Waals surface area contributed by atoms with Gasteiger partial charge in [-0.2, -0.15) is 0 Å². The highest BCUT2D eigenvalue weighted by Crippen LogP contribution is 2.33. The third-order valence-corrected chi connectivity index (χ3v) is 3.06. The predicted octanol–water partition coefficient (Wildman–Crippen LogP) is 0.448. The molecule has 84 valence electrons. The smallest absolute Gasteiger partial charge is 0.407 e. The van der Waals surface area contributed by atoms with Crippen molar-refractivity contribution in [3.63, 3.8) is 0 Å². The fourth-order valence-corrected chi connectivity index (χ4v) is 2.24. The van der Waals surface area contributed by atoms with Gasteiger partial charge in [-0.15, -0.1) is 0 Å². The van der Waals surface area contributed by atoms with Crippen LogP contribution in [0.1, 0.15) is 0 Å². The summed E-state index contributed by atoms with van der Waals surface area (Å²) in [5.74, 6) is 0. The summed E-state index contributed by atoms with van der Waals surface area (Å²) < 4.78 is 5.18. The van der Waals surface area contributed by atoms with E-state index in [1.54, 1.807) is 12.5 Å². The molecule has 3 aliphatic rings. The van der Waals surface area contributed by atoms with E-state index in [1.165, 1.54) is 4.90 Å². The van der Waals surface area contributed by atoms with Gasteiger partial charge in [0, 0.05) is 18.6 Å². The van der Waals surface area contributed by atoms with Crippen molar-refractivity contribution in [3.8, 4) is 0 Å². The first-order valence-corrected chi connectivity index (χ1v) is 5.00. The lowest BCUT2D eigenvalue weighted by Crippen LogP contribution is -2.71. The van der Waals surface area contributed by atoms with Crippen molar-refractivity contribution in [1.29, 1.82) is 0 Å². The van der Waals surface area contributed by atoms with Crippen LogP contribution in [0.15, 0.2) is 29.4 Å². The molecule has 0 atom stereocenters. The molecule has 1 amide bonds. The highest BCUT2D eigenvalue weighted by atomic mass is 16.5. The van der Waals surface area contributed by atoms with E-state index >= 15 is 0 Å². The van der Waals surface area contributed by atoms with Gasteiger partial charge in [-0.1, -0.05) is 0 Å². The summed E-state index contributed by atoms with van der Waals surface area (Å²) in [6.07, 6.45) is 6.14. The molecule has 1 N–H and O–H groups in total. The molecule has 0 unspecified atom stereocenters. The van der Waals surface area contributed by atoms with Gasteiger partial charge in [-0.3, -0.25) is 4.99 Å². The zero-order chi connectivity index (χ0) is 11.2. The molecule has 0 aromatic rings. The highest BCUT2D eigenvalue weighted by Gasteiger charge is 2.50. The molecule has 3 heterocycles. The summed E-state index contributed by atoms with van der Waals surface area (Å²) in [4.78, 5) is 18.4. The number of likely N-dealkylation sites (tertiary alicyclic amines) is 1. The van der Waals surface area contributed by atoms with Crippen LogP contribution in [0.2, 0.25) is 0 Å². The van der Waals surface area contributed by atoms with Crippen LogP contribution < -0.4 is 0 Å². The minimum absolute atomic E-state index is 0.303. The van der Waals surface area contributed by atoms with Crippen LogP contribution in [0.4, 0.5) is 4.79 Å². The van der Waals surface area contributed by atoms with Gasteiger partial charge in [-0.05, 0) is 0 Å². The number of ether oxygens (including phenoxy) is 1. The van der Waals surface area contributed by atoms with Gasteiger partial charge in [0.2, 0.25) is 0 Å². The summed E-state index contributed by atoms with van der Waals surface area (Å²) >= 11 is 0. The Bertz CT molecular complexity index is 421. The number of fused-ring (bicyclic) bond motifs is 2. The Balaban J connectivity index is 1.85. The predicted molar refractivity (Wildman–Crippen MR) is 55.8 cm³/mol. The minimum atomic E-state index is -0.882. The third kappa shape index (κ3) is 1.13. The maximum Gasteiger partial charge on any atom is 0.407 e. The SMILES string of the molecule is O=C(O)N1CC2(C=NC=C3COC=CN32)C1. The van der Waals surface area contributed by atoms with E-state index in [2.05, 4.69) is 4.99 Å². The lowest BCUT2D eigenvalue weighted by molar-refractivity contribution is 0.0273. The van der Waals surface area contributed by atoms with Gasteiger partial charge in [0.15, 0.2) is 0 Å². The average Bonchev–Trinajstić information content (AvgIpc) is 2.24. The molecule has 1 saturated heterocycles. The third-order valence-electron chi connectivity index (χ3n) is 3.06. The van der Waals surface area contributed by atoms with E-state index in [4.69, 9.17) is 9.84 Å². The van der Waals surface area contributed by atoms with Gasteiger partial charge >= 0.3 is 6.09 Å². The number of amides is 1. The summed E-state index contributed by atoms with van der Waals surface area (Å²) in [6, 6.07) is 0. The van der Waals surface area contributed by atoms with Crippen LogP contribution >= 0.6 is 0 Å². The molecule has 3 aliphatic heterocycles. The Kier molecular flexibility index (Phi) is 1.74. The largest absolute Gasteiger partial charge is 0.493 e. The molecule has 0 aliphatic carbocycles. The van der Waals surface area contributed by atoms with Gasteiger partial charge in [-0.25, -0.2) is 4.79 Å². The topological polar surface area (TPSA) is 65.4 Å². The molecule has 1 fully saturated rings. The first kappa shape index (κ1) is 9.26. The van der Waals surface area contributed by atoms with Crippen molar-refractivity contribution in [3.05, 3.63) is 24.4 Å². The van der Waals surface area contributed by atoms with Crippen molar-refractivity contribution in [2.45, 2.75) is 5.54 Å². The van der Waals surface area contributed by atoms with Crippen LogP contribution in [-0.2, 0) is 4.74 Å². The number of carboxylic acid groups (broad SMARTS) is 1. The average molecular weight is 221 g/mol. The molecule has 0 bridgehead atoms. The Morgan fingerprint density at radius 1 is 1.56 bits per heavy atom. The van der Waals surface area contributed by atoms with E-state index in [0.717, 1.165) is 5.70 Å². The molecule has 3 rings (SSSR count). The van der Waals surface area contributed by atoms with Crippen molar-refractivity contribution >= 4 is 12.3 Å². The zero-order valence-electron chi connectivity index (χ0n) is 8.54. The van der Waals surface area contributed by atoms with Crippen molar-refractivity contribution in [1.82, 2.24) is 9.80 Å². The first-order valence-electron chi connectivity index (χ1n) is 5.00. The summed E-state index contributed by atoms with van der Waals surface area (Å²) in [6.45, 7) is 1.39. The zero-order valence-corrected chi connectivity index (χ0v) is 8.54. The lowest BCUT2D eigenvalue weighted by Gasteiger charge is -2.54. The summed E-state index contributed by atoms with van der Waals surface area (Å²) in [5.41, 5.74) is 0.665. The maximum absolute atomic E-state index is 10.8. The van der Waals surface area contributed by atoms with Crippen molar-refractivity contribution in [2.75, 3.05) is 19.7 Å². The monoisotopic (exact) mass is 221 g/mol. The van der Waals surface area contributed by atoms with Gasteiger partial charge in [0.05, 0.1) is 25.0 Å². The van der Waals surface area contributed by atoms with E-state index < -0.39 is 6.09 Å². The van der Waals surface area contributed by atoms with Gasteiger partial charge in [0.1, 0.15) is 12.1 Å². The number of rotatable bonds is 0.